The van der Waals surface area contributed by atoms with E-state index in [4.69, 9.17) is 0 Å². The Hall–Kier alpha value is -1.61. The molecule has 0 aromatic heterocycles. The predicted molar refractivity (Wildman–Crippen MR) is 71.8 cm³/mol. The van der Waals surface area contributed by atoms with Crippen LogP contribution in [-0.2, 0) is 0 Å². The Morgan fingerprint density at radius 3 is 2.39 bits per heavy atom. The van der Waals surface area contributed by atoms with Gasteiger partial charge in [-0.15, -0.1) is 0 Å². The van der Waals surface area contributed by atoms with Crippen LogP contribution in [0.4, 0.5) is 4.39 Å². The Kier molecular flexibility index (Phi) is 3.82. The van der Waals surface area contributed by atoms with E-state index in [0.717, 1.165) is 10.5 Å². The van der Waals surface area contributed by atoms with E-state index in [2.05, 4.69) is 6.07 Å². The summed E-state index contributed by atoms with van der Waals surface area (Å²) < 4.78 is 13.8. The monoisotopic (exact) mass is 260 g/mol. The molecule has 0 saturated heterocycles. The van der Waals surface area contributed by atoms with Gasteiger partial charge in [0.2, 0.25) is 0 Å². The summed E-state index contributed by atoms with van der Waals surface area (Å²) in [5.74, 6) is -0.357. The molecule has 2 aromatic carbocycles. The van der Waals surface area contributed by atoms with Crippen LogP contribution in [0.25, 0.3) is 0 Å². The maximum atomic E-state index is 13.8. The van der Waals surface area contributed by atoms with Crippen LogP contribution in [0.1, 0.15) is 21.5 Å². The highest BCUT2D eigenvalue weighted by Crippen LogP contribution is 2.32. The molecule has 0 fully saturated rings. The Morgan fingerprint density at radius 2 is 1.78 bits per heavy atom. The van der Waals surface area contributed by atoms with Gasteiger partial charge in [-0.1, -0.05) is 35.5 Å². The highest BCUT2D eigenvalue weighted by atomic mass is 32.2. The number of aryl methyl sites for hydroxylation is 2. The average molecular weight is 260 g/mol. The zero-order valence-electron chi connectivity index (χ0n) is 10.2. The summed E-state index contributed by atoms with van der Waals surface area (Å²) in [7, 11) is 0. The fourth-order valence-electron chi connectivity index (χ4n) is 1.71. The number of hydrogen-bond acceptors (Lipinski definition) is 2. The molecule has 0 amide bonds. The second-order valence-electron chi connectivity index (χ2n) is 4.18. The Balaban J connectivity index is 2.31. The molecule has 0 atom stereocenters. The van der Waals surface area contributed by atoms with Gasteiger partial charge in [-0.2, -0.15) is 0 Å². The number of benzene rings is 2. The lowest BCUT2D eigenvalue weighted by molar-refractivity contribution is 0.112. The van der Waals surface area contributed by atoms with Crippen LogP contribution in [-0.4, -0.2) is 6.29 Å². The molecule has 18 heavy (non-hydrogen) atoms. The summed E-state index contributed by atoms with van der Waals surface area (Å²) >= 11 is 1.38. The highest BCUT2D eigenvalue weighted by Gasteiger charge is 2.07. The van der Waals surface area contributed by atoms with Crippen molar-refractivity contribution >= 4 is 18.0 Å². The van der Waals surface area contributed by atoms with Gasteiger partial charge in [0, 0.05) is 15.4 Å². The van der Waals surface area contributed by atoms with Crippen LogP contribution < -0.4 is 0 Å². The van der Waals surface area contributed by atoms with Crippen molar-refractivity contribution in [2.75, 3.05) is 0 Å². The van der Waals surface area contributed by atoms with Crippen molar-refractivity contribution in [3.8, 4) is 0 Å². The van der Waals surface area contributed by atoms with E-state index in [1.54, 1.807) is 12.1 Å². The smallest absolute Gasteiger partial charge is 0.150 e. The normalized spacial score (nSPS) is 10.4. The van der Waals surface area contributed by atoms with Crippen molar-refractivity contribution in [1.82, 2.24) is 0 Å². The van der Waals surface area contributed by atoms with E-state index < -0.39 is 0 Å². The van der Waals surface area contributed by atoms with Crippen molar-refractivity contribution in [3.63, 3.8) is 0 Å². The van der Waals surface area contributed by atoms with Crippen LogP contribution in [0.5, 0.6) is 0 Å². The molecule has 0 spiro atoms. The summed E-state index contributed by atoms with van der Waals surface area (Å²) in [5, 5.41) is 0. The number of aldehydes is 1. The van der Waals surface area contributed by atoms with Gasteiger partial charge in [0.1, 0.15) is 12.1 Å². The number of carbonyl (C=O) groups excluding carboxylic acids is 1. The minimum atomic E-state index is -0.357. The van der Waals surface area contributed by atoms with Gasteiger partial charge in [0.15, 0.2) is 0 Å². The van der Waals surface area contributed by atoms with Crippen LogP contribution in [0, 0.1) is 19.7 Å². The first kappa shape index (κ1) is 12.8. The van der Waals surface area contributed by atoms with Gasteiger partial charge in [-0.05, 0) is 37.6 Å². The van der Waals surface area contributed by atoms with E-state index in [1.165, 1.54) is 23.4 Å². The van der Waals surface area contributed by atoms with Gasteiger partial charge >= 0.3 is 0 Å². The number of rotatable bonds is 3. The molecule has 0 saturated carbocycles. The van der Waals surface area contributed by atoms with Gasteiger partial charge in [0.25, 0.3) is 0 Å². The lowest BCUT2D eigenvalue weighted by Crippen LogP contribution is -1.87. The molecule has 0 bridgehead atoms. The van der Waals surface area contributed by atoms with Crippen molar-refractivity contribution < 1.29 is 9.18 Å². The third-order valence-corrected chi connectivity index (χ3v) is 3.87. The minimum absolute atomic E-state index is 0.357. The third-order valence-electron chi connectivity index (χ3n) is 2.64. The van der Waals surface area contributed by atoms with Crippen molar-refractivity contribution in [3.05, 3.63) is 58.9 Å². The van der Waals surface area contributed by atoms with Gasteiger partial charge in [-0.3, -0.25) is 4.79 Å². The van der Waals surface area contributed by atoms with E-state index in [1.807, 2.05) is 26.0 Å². The molecule has 0 radical (unpaired) electrons. The van der Waals surface area contributed by atoms with E-state index >= 15 is 0 Å². The summed E-state index contributed by atoms with van der Waals surface area (Å²) in [4.78, 5) is 12.1. The fraction of sp³-hybridized carbons (Fsp3) is 0.133. The lowest BCUT2D eigenvalue weighted by atomic mass is 10.2. The number of hydrogen-bond donors (Lipinski definition) is 0. The third kappa shape index (κ3) is 2.79. The molecule has 1 nitrogen and oxygen atoms in total. The molecule has 0 heterocycles. The number of carbonyl (C=O) groups is 1. The van der Waals surface area contributed by atoms with Crippen molar-refractivity contribution in [1.29, 1.82) is 0 Å². The first-order valence-electron chi connectivity index (χ1n) is 5.60. The van der Waals surface area contributed by atoms with E-state index in [-0.39, 0.29) is 5.82 Å². The Bertz CT molecular complexity index is 593. The maximum absolute atomic E-state index is 13.8. The molecule has 2 rings (SSSR count). The standard InChI is InChI=1S/C15H13FOS/c1-10-3-5-14(11(2)7-10)18-15-6-4-12(9-17)8-13(15)16/h3-9H,1-2H3. The quantitative estimate of drug-likeness (QED) is 0.760. The Morgan fingerprint density at radius 1 is 1.06 bits per heavy atom. The maximum Gasteiger partial charge on any atom is 0.150 e. The van der Waals surface area contributed by atoms with Crippen LogP contribution in [0.15, 0.2) is 46.2 Å². The van der Waals surface area contributed by atoms with Crippen LogP contribution in [0.2, 0.25) is 0 Å². The molecule has 0 N–H and O–H groups in total. The molecular formula is C15H13FOS. The largest absolute Gasteiger partial charge is 0.298 e. The summed E-state index contributed by atoms with van der Waals surface area (Å²) in [5.41, 5.74) is 2.67. The SMILES string of the molecule is Cc1ccc(Sc2ccc(C=O)cc2F)c(C)c1. The van der Waals surface area contributed by atoms with Gasteiger partial charge < -0.3 is 0 Å². The van der Waals surface area contributed by atoms with Crippen molar-refractivity contribution in [2.45, 2.75) is 23.6 Å². The average Bonchev–Trinajstić information content (AvgIpc) is 2.34. The minimum Gasteiger partial charge on any atom is -0.298 e. The molecule has 92 valence electrons. The molecule has 2 aromatic rings. The molecule has 0 unspecified atom stereocenters. The number of halogens is 1. The van der Waals surface area contributed by atoms with Gasteiger partial charge in [-0.25, -0.2) is 4.39 Å². The second-order valence-corrected chi connectivity index (χ2v) is 5.26. The second kappa shape index (κ2) is 5.36. The fourth-order valence-corrected chi connectivity index (χ4v) is 2.59. The topological polar surface area (TPSA) is 17.1 Å². The zero-order chi connectivity index (χ0) is 13.1. The molecule has 0 aliphatic carbocycles. The first-order chi connectivity index (χ1) is 8.60. The Labute approximate surface area is 110 Å². The van der Waals surface area contributed by atoms with Crippen LogP contribution >= 0.6 is 11.8 Å². The van der Waals surface area contributed by atoms with E-state index in [0.29, 0.717) is 16.7 Å². The molecule has 3 heteroatoms. The molecular weight excluding hydrogens is 247 g/mol. The summed E-state index contributed by atoms with van der Waals surface area (Å²) in [6, 6.07) is 10.6. The highest BCUT2D eigenvalue weighted by molar-refractivity contribution is 7.99. The lowest BCUT2D eigenvalue weighted by Gasteiger charge is -2.07. The van der Waals surface area contributed by atoms with Crippen LogP contribution in [0.3, 0.4) is 0 Å². The first-order valence-corrected chi connectivity index (χ1v) is 6.41. The van der Waals surface area contributed by atoms with E-state index in [9.17, 15) is 9.18 Å². The summed E-state index contributed by atoms with van der Waals surface area (Å²) in [6.07, 6.45) is 0.647. The summed E-state index contributed by atoms with van der Waals surface area (Å²) in [6.45, 7) is 4.04. The molecule has 0 aliphatic heterocycles. The predicted octanol–water partition coefficient (Wildman–Crippen LogP) is 4.41. The van der Waals surface area contributed by atoms with Gasteiger partial charge in [0.05, 0.1) is 0 Å². The molecule has 0 aliphatic rings. The van der Waals surface area contributed by atoms with Crippen molar-refractivity contribution in [2.24, 2.45) is 0 Å². The zero-order valence-corrected chi connectivity index (χ0v) is 11.1.